The summed E-state index contributed by atoms with van der Waals surface area (Å²) < 4.78 is 13.2. The van der Waals surface area contributed by atoms with E-state index in [0.717, 1.165) is 62.4 Å². The van der Waals surface area contributed by atoms with E-state index in [4.69, 9.17) is 26.7 Å². The maximum absolute atomic E-state index is 14.0. The monoisotopic (exact) mass is 603 g/mol. The first kappa shape index (κ1) is 27.4. The van der Waals surface area contributed by atoms with Gasteiger partial charge in [-0.05, 0) is 55.2 Å². The predicted molar refractivity (Wildman–Crippen MR) is 168 cm³/mol. The van der Waals surface area contributed by atoms with E-state index in [2.05, 4.69) is 15.9 Å². The van der Waals surface area contributed by atoms with Crippen molar-refractivity contribution in [2.75, 3.05) is 37.9 Å². The van der Waals surface area contributed by atoms with E-state index in [9.17, 15) is 9.59 Å². The van der Waals surface area contributed by atoms with Crippen molar-refractivity contribution >= 4 is 51.7 Å². The molecule has 0 radical (unpaired) electrons. The summed E-state index contributed by atoms with van der Waals surface area (Å²) in [5.74, 6) is 2.11. The van der Waals surface area contributed by atoms with Crippen LogP contribution in [0.25, 0.3) is 11.7 Å². The average molecular weight is 604 g/mol. The summed E-state index contributed by atoms with van der Waals surface area (Å²) in [6.45, 7) is 6.07. The normalized spacial score (nSPS) is 20.8. The number of carbonyl (C=O) groups is 1. The molecule has 42 heavy (non-hydrogen) atoms. The van der Waals surface area contributed by atoms with Crippen molar-refractivity contribution in [3.8, 4) is 11.5 Å². The van der Waals surface area contributed by atoms with Gasteiger partial charge in [-0.3, -0.25) is 23.8 Å². The van der Waals surface area contributed by atoms with Crippen LogP contribution in [0.3, 0.4) is 0 Å². The van der Waals surface area contributed by atoms with Crippen LogP contribution in [0.1, 0.15) is 48.8 Å². The number of anilines is 1. The molecule has 5 heterocycles. The number of carbonyl (C=O) groups excluding carboxylic acids is 1. The summed E-state index contributed by atoms with van der Waals surface area (Å²) in [7, 11) is 0. The van der Waals surface area contributed by atoms with Gasteiger partial charge in [-0.1, -0.05) is 55.4 Å². The maximum Gasteiger partial charge on any atom is 0.267 e. The number of thiocarbonyl (C=S) groups is 1. The molecule has 3 aromatic rings. The van der Waals surface area contributed by atoms with Crippen molar-refractivity contribution in [2.45, 2.75) is 51.6 Å². The molecule has 4 aliphatic rings. The lowest BCUT2D eigenvalue weighted by atomic mass is 9.94. The second kappa shape index (κ2) is 11.3. The number of aryl methyl sites for hydroxylation is 1. The summed E-state index contributed by atoms with van der Waals surface area (Å²) in [6, 6.07) is 10.1. The highest BCUT2D eigenvalue weighted by atomic mass is 32.2. The van der Waals surface area contributed by atoms with E-state index in [-0.39, 0.29) is 24.3 Å². The fraction of sp³-hybridized carbons (Fsp3) is 0.419. The Morgan fingerprint density at radius 1 is 1.02 bits per heavy atom. The van der Waals surface area contributed by atoms with Crippen molar-refractivity contribution in [1.29, 1.82) is 0 Å². The lowest BCUT2D eigenvalue weighted by Crippen LogP contribution is -2.47. The Bertz CT molecular complexity index is 1660. The molecule has 3 fully saturated rings. The number of ether oxygens (including phenoxy) is 2. The van der Waals surface area contributed by atoms with Gasteiger partial charge in [0, 0.05) is 45.0 Å². The lowest BCUT2D eigenvalue weighted by molar-refractivity contribution is -0.124. The predicted octanol–water partition coefficient (Wildman–Crippen LogP) is 4.59. The smallest absolute Gasteiger partial charge is 0.267 e. The molecular formula is C31H33N5O4S2. The van der Waals surface area contributed by atoms with Gasteiger partial charge in [-0.15, -0.1) is 0 Å². The molecule has 1 amide bonds. The first-order chi connectivity index (χ1) is 20.4. The van der Waals surface area contributed by atoms with Gasteiger partial charge >= 0.3 is 0 Å². The Kier molecular flexibility index (Phi) is 7.41. The van der Waals surface area contributed by atoms with E-state index in [1.807, 2.05) is 37.4 Å². The fourth-order valence-corrected chi connectivity index (χ4v) is 7.68. The number of pyridine rings is 1. The third kappa shape index (κ3) is 5.18. The molecule has 0 bridgehead atoms. The minimum Gasteiger partial charge on any atom is -0.454 e. The topological polar surface area (TPSA) is 79.6 Å². The summed E-state index contributed by atoms with van der Waals surface area (Å²) in [6.07, 6.45) is 8.92. The number of fused-ring (bicyclic) bond motifs is 2. The summed E-state index contributed by atoms with van der Waals surface area (Å²) in [4.78, 5) is 39.4. The first-order valence-corrected chi connectivity index (χ1v) is 15.8. The number of aromatic nitrogens is 2. The summed E-state index contributed by atoms with van der Waals surface area (Å²) in [5, 5.41) is 0. The molecule has 7 rings (SSSR count). The molecular weight excluding hydrogens is 571 g/mol. The van der Waals surface area contributed by atoms with E-state index in [1.54, 1.807) is 15.4 Å². The Morgan fingerprint density at radius 2 is 1.81 bits per heavy atom. The van der Waals surface area contributed by atoms with Gasteiger partial charge in [-0.25, -0.2) is 4.98 Å². The molecule has 1 aromatic carbocycles. The Labute approximate surface area is 254 Å². The zero-order valence-corrected chi connectivity index (χ0v) is 25.2. The van der Waals surface area contributed by atoms with Gasteiger partial charge < -0.3 is 14.4 Å². The van der Waals surface area contributed by atoms with Gasteiger partial charge in [0.1, 0.15) is 15.8 Å². The quantitative estimate of drug-likeness (QED) is 0.307. The second-order valence-corrected chi connectivity index (χ2v) is 13.1. The molecule has 11 heteroatoms. The molecule has 3 aliphatic heterocycles. The number of piperazine rings is 1. The number of benzene rings is 1. The lowest BCUT2D eigenvalue weighted by Gasteiger charge is -2.36. The van der Waals surface area contributed by atoms with Crippen molar-refractivity contribution in [3.63, 3.8) is 0 Å². The van der Waals surface area contributed by atoms with Gasteiger partial charge in [0.25, 0.3) is 11.5 Å². The SMILES string of the molecule is Cc1ccc2nc(N3CCN(Cc4ccc5c(c4)OCO5)CC3)c(C=C3SC(=S)N(C4CCCCC4)C3=O)c(=O)n2c1. The highest BCUT2D eigenvalue weighted by Gasteiger charge is 2.38. The fourth-order valence-electron chi connectivity index (χ4n) is 6.29. The second-order valence-electron chi connectivity index (χ2n) is 11.4. The first-order valence-electron chi connectivity index (χ1n) is 14.6. The van der Waals surface area contributed by atoms with Crippen LogP contribution < -0.4 is 19.9 Å². The molecule has 0 N–H and O–H groups in total. The molecule has 0 unspecified atom stereocenters. The summed E-state index contributed by atoms with van der Waals surface area (Å²) >= 11 is 6.97. The molecule has 9 nitrogen and oxygen atoms in total. The highest BCUT2D eigenvalue weighted by molar-refractivity contribution is 8.26. The van der Waals surface area contributed by atoms with E-state index < -0.39 is 0 Å². The number of amides is 1. The van der Waals surface area contributed by atoms with Crippen molar-refractivity contribution in [3.05, 3.63) is 68.5 Å². The van der Waals surface area contributed by atoms with Crippen LogP contribution in [-0.2, 0) is 11.3 Å². The molecule has 2 saturated heterocycles. The largest absolute Gasteiger partial charge is 0.454 e. The third-order valence-electron chi connectivity index (χ3n) is 8.54. The number of hydrogen-bond donors (Lipinski definition) is 0. The molecule has 1 aliphatic carbocycles. The maximum atomic E-state index is 14.0. The third-order valence-corrected chi connectivity index (χ3v) is 9.87. The van der Waals surface area contributed by atoms with Crippen LogP contribution in [0.5, 0.6) is 11.5 Å². The van der Waals surface area contributed by atoms with E-state index in [1.165, 1.54) is 23.7 Å². The molecule has 1 saturated carbocycles. The molecule has 0 atom stereocenters. The van der Waals surface area contributed by atoms with Crippen LogP contribution in [0.4, 0.5) is 5.82 Å². The number of hydrogen-bond acceptors (Lipinski definition) is 9. The standard InChI is InChI=1S/C31H33N5O4S2/c1-20-7-10-27-32-28(34-13-11-33(12-14-34)18-21-8-9-24-25(15-21)40-19-39-24)23(29(37)35(27)17-20)16-26-30(38)36(31(41)42-26)22-5-3-2-4-6-22/h7-10,15-17,22H,2-6,11-14,18-19H2,1H3. The van der Waals surface area contributed by atoms with Gasteiger partial charge in [0.15, 0.2) is 11.5 Å². The van der Waals surface area contributed by atoms with E-state index in [0.29, 0.717) is 39.3 Å². The van der Waals surface area contributed by atoms with Gasteiger partial charge in [0.05, 0.1) is 10.5 Å². The van der Waals surface area contributed by atoms with Crippen molar-refractivity contribution in [1.82, 2.24) is 19.2 Å². The zero-order chi connectivity index (χ0) is 28.8. The Balaban J connectivity index is 1.17. The van der Waals surface area contributed by atoms with Crippen molar-refractivity contribution < 1.29 is 14.3 Å². The van der Waals surface area contributed by atoms with Gasteiger partial charge in [-0.2, -0.15) is 0 Å². The average Bonchev–Trinajstić information content (AvgIpc) is 3.58. The summed E-state index contributed by atoms with van der Waals surface area (Å²) in [5.41, 5.74) is 2.99. The van der Waals surface area contributed by atoms with Crippen molar-refractivity contribution in [2.24, 2.45) is 0 Å². The number of thioether (sulfide) groups is 1. The van der Waals surface area contributed by atoms with Crippen LogP contribution in [0.2, 0.25) is 0 Å². The molecule has 218 valence electrons. The molecule has 2 aromatic heterocycles. The minimum atomic E-state index is -0.176. The van der Waals surface area contributed by atoms with Crippen LogP contribution in [-0.4, -0.2) is 68.4 Å². The number of rotatable bonds is 5. The van der Waals surface area contributed by atoms with E-state index >= 15 is 0 Å². The highest BCUT2D eigenvalue weighted by Crippen LogP contribution is 2.38. The Hall–Kier alpha value is -3.41. The van der Waals surface area contributed by atoms with Gasteiger partial charge in [0.2, 0.25) is 6.79 Å². The van der Waals surface area contributed by atoms with Crippen LogP contribution in [0.15, 0.2) is 46.2 Å². The zero-order valence-electron chi connectivity index (χ0n) is 23.6. The Morgan fingerprint density at radius 3 is 2.62 bits per heavy atom. The minimum absolute atomic E-state index is 0.0925. The van der Waals surface area contributed by atoms with Crippen LogP contribution in [0, 0.1) is 6.92 Å². The van der Waals surface area contributed by atoms with Crippen LogP contribution >= 0.6 is 24.0 Å². The molecule has 0 spiro atoms. The number of nitrogens with zero attached hydrogens (tertiary/aromatic N) is 5.